The van der Waals surface area contributed by atoms with Crippen LogP contribution < -0.4 is 5.32 Å². The van der Waals surface area contributed by atoms with Crippen molar-refractivity contribution in [3.63, 3.8) is 0 Å². The molecular weight excluding hydrogens is 306 g/mol. The van der Waals surface area contributed by atoms with E-state index < -0.39 is 0 Å². The zero-order chi connectivity index (χ0) is 17.6. The van der Waals surface area contributed by atoms with Gasteiger partial charge in [0.25, 0.3) is 5.91 Å². The second-order valence-electron chi connectivity index (χ2n) is 7.75. The van der Waals surface area contributed by atoms with Gasteiger partial charge in [0.05, 0.1) is 6.04 Å². The van der Waals surface area contributed by atoms with Crippen LogP contribution in [0.15, 0.2) is 6.07 Å². The number of carbonyl (C=O) groups is 2. The van der Waals surface area contributed by atoms with E-state index in [0.717, 1.165) is 18.7 Å². The molecule has 1 aromatic rings. The zero-order valence-corrected chi connectivity index (χ0v) is 15.2. The van der Waals surface area contributed by atoms with Gasteiger partial charge in [-0.05, 0) is 40.3 Å². The zero-order valence-electron chi connectivity index (χ0n) is 15.2. The molecule has 0 aromatic carbocycles. The summed E-state index contributed by atoms with van der Waals surface area (Å²) in [5.74, 6) is 0.0802. The molecule has 2 fully saturated rings. The third-order valence-electron chi connectivity index (χ3n) is 5.15. The monoisotopic (exact) mass is 333 g/mol. The second-order valence-corrected chi connectivity index (χ2v) is 7.75. The van der Waals surface area contributed by atoms with Gasteiger partial charge in [-0.25, -0.2) is 0 Å². The highest BCUT2D eigenvalue weighted by atomic mass is 16.2. The first-order chi connectivity index (χ1) is 11.2. The van der Waals surface area contributed by atoms with E-state index in [9.17, 15) is 9.59 Å². The maximum Gasteiger partial charge on any atom is 0.274 e. The van der Waals surface area contributed by atoms with Crippen LogP contribution >= 0.6 is 0 Å². The Labute approximate surface area is 143 Å². The number of likely N-dealkylation sites (N-methyl/N-ethyl adjacent to an activating group) is 1. The predicted octanol–water partition coefficient (Wildman–Crippen LogP) is 0.399. The third kappa shape index (κ3) is 2.92. The minimum absolute atomic E-state index is 0.0120. The van der Waals surface area contributed by atoms with E-state index in [-0.39, 0.29) is 29.3 Å². The van der Waals surface area contributed by atoms with Crippen molar-refractivity contribution in [2.75, 3.05) is 26.7 Å². The van der Waals surface area contributed by atoms with Gasteiger partial charge in [0.2, 0.25) is 5.91 Å². The second kappa shape index (κ2) is 5.88. The van der Waals surface area contributed by atoms with Crippen molar-refractivity contribution >= 4 is 11.8 Å². The van der Waals surface area contributed by atoms with Gasteiger partial charge in [-0.1, -0.05) is 0 Å². The van der Waals surface area contributed by atoms with Gasteiger partial charge < -0.3 is 10.2 Å². The molecule has 1 atom stereocenters. The van der Waals surface area contributed by atoms with Crippen molar-refractivity contribution in [2.45, 2.75) is 39.3 Å². The molecule has 1 N–H and O–H groups in total. The third-order valence-corrected chi connectivity index (χ3v) is 5.15. The predicted molar refractivity (Wildman–Crippen MR) is 90.6 cm³/mol. The fourth-order valence-corrected chi connectivity index (χ4v) is 3.91. The SMILES string of the molecule is Cc1cc(C(=O)N2CC3(CC(C(=O)NC(C)C)N(C)C3)C2)nn1C. The van der Waals surface area contributed by atoms with Crippen LogP contribution in [0.1, 0.15) is 36.5 Å². The highest BCUT2D eigenvalue weighted by Crippen LogP contribution is 2.42. The first-order valence-corrected chi connectivity index (χ1v) is 8.51. The minimum Gasteiger partial charge on any atom is -0.353 e. The van der Waals surface area contributed by atoms with Gasteiger partial charge in [0.15, 0.2) is 5.69 Å². The van der Waals surface area contributed by atoms with Gasteiger partial charge in [-0.15, -0.1) is 0 Å². The van der Waals surface area contributed by atoms with Crippen LogP contribution in [0.3, 0.4) is 0 Å². The number of aromatic nitrogens is 2. The maximum absolute atomic E-state index is 12.5. The molecule has 1 spiro atoms. The van der Waals surface area contributed by atoms with Crippen LogP contribution in [0.5, 0.6) is 0 Å². The molecule has 2 amide bonds. The molecule has 1 aromatic heterocycles. The normalized spacial score (nSPS) is 22.9. The molecule has 3 heterocycles. The molecule has 24 heavy (non-hydrogen) atoms. The Hall–Kier alpha value is -1.89. The number of nitrogens with zero attached hydrogens (tertiary/aromatic N) is 4. The van der Waals surface area contributed by atoms with E-state index in [1.165, 1.54) is 0 Å². The van der Waals surface area contributed by atoms with Gasteiger partial charge in [0.1, 0.15) is 0 Å². The smallest absolute Gasteiger partial charge is 0.274 e. The number of hydrogen-bond donors (Lipinski definition) is 1. The van der Waals surface area contributed by atoms with E-state index in [0.29, 0.717) is 18.8 Å². The lowest BCUT2D eigenvalue weighted by Gasteiger charge is -2.47. The molecule has 2 aliphatic rings. The molecule has 132 valence electrons. The molecule has 0 aliphatic carbocycles. The van der Waals surface area contributed by atoms with Gasteiger partial charge in [0, 0.05) is 43.8 Å². The molecule has 2 aliphatic heterocycles. The van der Waals surface area contributed by atoms with E-state index in [2.05, 4.69) is 15.3 Å². The first kappa shape index (κ1) is 17.0. The van der Waals surface area contributed by atoms with Crippen molar-refractivity contribution in [1.82, 2.24) is 24.9 Å². The molecule has 0 saturated carbocycles. The average molecular weight is 333 g/mol. The summed E-state index contributed by atoms with van der Waals surface area (Å²) in [6.45, 7) is 8.15. The van der Waals surface area contributed by atoms with Gasteiger partial charge in [-0.2, -0.15) is 5.10 Å². The van der Waals surface area contributed by atoms with Crippen molar-refractivity contribution in [3.05, 3.63) is 17.5 Å². The highest BCUT2D eigenvalue weighted by Gasteiger charge is 2.53. The number of carbonyl (C=O) groups excluding carboxylic acids is 2. The topological polar surface area (TPSA) is 70.5 Å². The number of rotatable bonds is 3. The summed E-state index contributed by atoms with van der Waals surface area (Å²) in [5.41, 5.74) is 1.53. The van der Waals surface area contributed by atoms with Crippen LogP contribution in [0.2, 0.25) is 0 Å². The number of nitrogens with one attached hydrogen (secondary N) is 1. The fourth-order valence-electron chi connectivity index (χ4n) is 3.91. The molecule has 7 heteroatoms. The van der Waals surface area contributed by atoms with Crippen LogP contribution in [-0.4, -0.2) is 70.2 Å². The van der Waals surface area contributed by atoms with E-state index >= 15 is 0 Å². The average Bonchev–Trinajstić information content (AvgIpc) is 2.97. The Morgan fingerprint density at radius 2 is 1.96 bits per heavy atom. The Kier molecular flexibility index (Phi) is 4.15. The Morgan fingerprint density at radius 3 is 2.50 bits per heavy atom. The molecule has 0 bridgehead atoms. The van der Waals surface area contributed by atoms with E-state index in [1.54, 1.807) is 4.68 Å². The molecule has 3 rings (SSSR count). The van der Waals surface area contributed by atoms with Gasteiger partial charge in [-0.3, -0.25) is 19.2 Å². The minimum atomic E-state index is -0.0956. The van der Waals surface area contributed by atoms with Crippen LogP contribution in [0.4, 0.5) is 0 Å². The summed E-state index contributed by atoms with van der Waals surface area (Å²) in [7, 11) is 3.83. The number of likely N-dealkylation sites (tertiary alicyclic amines) is 2. The number of hydrogen-bond acceptors (Lipinski definition) is 4. The van der Waals surface area contributed by atoms with Crippen LogP contribution in [0.25, 0.3) is 0 Å². The number of aryl methyl sites for hydroxylation is 2. The Bertz CT molecular complexity index is 640. The summed E-state index contributed by atoms with van der Waals surface area (Å²) < 4.78 is 1.72. The lowest BCUT2D eigenvalue weighted by molar-refractivity contribution is -0.125. The van der Waals surface area contributed by atoms with Crippen molar-refractivity contribution in [1.29, 1.82) is 0 Å². The quantitative estimate of drug-likeness (QED) is 0.869. The summed E-state index contributed by atoms with van der Waals surface area (Å²) in [6.07, 6.45) is 0.813. The molecule has 0 radical (unpaired) electrons. The summed E-state index contributed by atoms with van der Waals surface area (Å²) >= 11 is 0. The lowest BCUT2D eigenvalue weighted by atomic mass is 9.77. The van der Waals surface area contributed by atoms with Gasteiger partial charge >= 0.3 is 0 Å². The molecular formula is C17H27N5O2. The standard InChI is InChI=1S/C17H27N5O2/c1-11(2)18-15(23)14-7-17(8-20(14)4)9-22(10-17)16(24)13-6-12(3)21(5)19-13/h6,11,14H,7-10H2,1-5H3,(H,18,23). The molecule has 2 saturated heterocycles. The summed E-state index contributed by atoms with van der Waals surface area (Å²) in [5, 5.41) is 7.27. The Balaban J connectivity index is 1.61. The first-order valence-electron chi connectivity index (χ1n) is 8.51. The molecule has 7 nitrogen and oxygen atoms in total. The Morgan fingerprint density at radius 1 is 1.29 bits per heavy atom. The number of amides is 2. The summed E-state index contributed by atoms with van der Waals surface area (Å²) in [4.78, 5) is 28.8. The van der Waals surface area contributed by atoms with Crippen molar-refractivity contribution in [2.24, 2.45) is 12.5 Å². The van der Waals surface area contributed by atoms with Crippen molar-refractivity contribution in [3.8, 4) is 0 Å². The molecule has 1 unspecified atom stereocenters. The van der Waals surface area contributed by atoms with E-state index in [1.807, 2.05) is 45.8 Å². The fraction of sp³-hybridized carbons (Fsp3) is 0.706. The summed E-state index contributed by atoms with van der Waals surface area (Å²) in [6, 6.07) is 1.88. The highest BCUT2D eigenvalue weighted by molar-refractivity contribution is 5.93. The van der Waals surface area contributed by atoms with Crippen molar-refractivity contribution < 1.29 is 9.59 Å². The van der Waals surface area contributed by atoms with E-state index in [4.69, 9.17) is 0 Å². The van der Waals surface area contributed by atoms with Crippen LogP contribution in [-0.2, 0) is 11.8 Å². The maximum atomic E-state index is 12.5. The lowest BCUT2D eigenvalue weighted by Crippen LogP contribution is -2.59. The largest absolute Gasteiger partial charge is 0.353 e. The van der Waals surface area contributed by atoms with Crippen LogP contribution in [0, 0.1) is 12.3 Å².